The highest BCUT2D eigenvalue weighted by atomic mass is 16.5. The summed E-state index contributed by atoms with van der Waals surface area (Å²) in [6, 6.07) is 6.65. The Labute approximate surface area is 116 Å². The summed E-state index contributed by atoms with van der Waals surface area (Å²) in [4.78, 5) is 7.00. The summed E-state index contributed by atoms with van der Waals surface area (Å²) in [6.45, 7) is 5.49. The van der Waals surface area contributed by atoms with Crippen molar-refractivity contribution in [3.63, 3.8) is 0 Å². The van der Waals surface area contributed by atoms with Gasteiger partial charge in [0.05, 0.1) is 12.8 Å². The number of pyridine rings is 1. The summed E-state index contributed by atoms with van der Waals surface area (Å²) in [7, 11) is 3.74. The molecule has 0 spiro atoms. The van der Waals surface area contributed by atoms with Gasteiger partial charge in [0.1, 0.15) is 0 Å². The van der Waals surface area contributed by atoms with E-state index in [2.05, 4.69) is 35.2 Å². The van der Waals surface area contributed by atoms with Gasteiger partial charge in [-0.1, -0.05) is 19.4 Å². The molecule has 4 heteroatoms. The van der Waals surface area contributed by atoms with E-state index in [1.54, 1.807) is 7.11 Å². The minimum Gasteiger partial charge on any atom is -0.481 e. The van der Waals surface area contributed by atoms with Crippen LogP contribution in [-0.2, 0) is 6.54 Å². The highest BCUT2D eigenvalue weighted by Crippen LogP contribution is 2.21. The summed E-state index contributed by atoms with van der Waals surface area (Å²) in [6.07, 6.45) is 2.45. The number of ether oxygens (including phenoxy) is 1. The number of hydrogen-bond acceptors (Lipinski definition) is 4. The molecule has 2 atom stereocenters. The predicted molar refractivity (Wildman–Crippen MR) is 77.3 cm³/mol. The SMILES string of the molecule is CCC1CN(Cc2cccc(OC)n2)CCC1NC. The summed E-state index contributed by atoms with van der Waals surface area (Å²) < 4.78 is 5.18. The van der Waals surface area contributed by atoms with Gasteiger partial charge in [-0.15, -0.1) is 0 Å². The Kier molecular flexibility index (Phi) is 5.16. The van der Waals surface area contributed by atoms with E-state index in [9.17, 15) is 0 Å². The van der Waals surface area contributed by atoms with Crippen molar-refractivity contribution >= 4 is 0 Å². The van der Waals surface area contributed by atoms with Gasteiger partial charge in [-0.3, -0.25) is 4.90 Å². The maximum atomic E-state index is 5.18. The lowest BCUT2D eigenvalue weighted by Gasteiger charge is -2.38. The number of nitrogens with one attached hydrogen (secondary N) is 1. The van der Waals surface area contributed by atoms with Gasteiger partial charge in [0.2, 0.25) is 5.88 Å². The van der Waals surface area contributed by atoms with Crippen molar-refractivity contribution in [3.8, 4) is 5.88 Å². The van der Waals surface area contributed by atoms with Gasteiger partial charge in [0.25, 0.3) is 0 Å². The molecule has 1 aliphatic heterocycles. The Balaban J connectivity index is 1.96. The van der Waals surface area contributed by atoms with Crippen molar-refractivity contribution in [2.45, 2.75) is 32.4 Å². The van der Waals surface area contributed by atoms with Crippen LogP contribution in [0.1, 0.15) is 25.5 Å². The van der Waals surface area contributed by atoms with Crippen LogP contribution in [0, 0.1) is 5.92 Å². The highest BCUT2D eigenvalue weighted by Gasteiger charge is 2.26. The first-order valence-electron chi connectivity index (χ1n) is 7.16. The Morgan fingerprint density at radius 2 is 2.32 bits per heavy atom. The van der Waals surface area contributed by atoms with Crippen LogP contribution in [0.15, 0.2) is 18.2 Å². The van der Waals surface area contributed by atoms with Crippen LogP contribution in [0.5, 0.6) is 5.88 Å². The second-order valence-electron chi connectivity index (χ2n) is 5.26. The first kappa shape index (κ1) is 14.3. The molecule has 19 heavy (non-hydrogen) atoms. The summed E-state index contributed by atoms with van der Waals surface area (Å²) in [5.41, 5.74) is 1.09. The number of aromatic nitrogens is 1. The number of hydrogen-bond donors (Lipinski definition) is 1. The molecule has 1 N–H and O–H groups in total. The Bertz CT molecular complexity index is 397. The fourth-order valence-corrected chi connectivity index (χ4v) is 2.93. The minimum atomic E-state index is 0.666. The smallest absolute Gasteiger partial charge is 0.213 e. The van der Waals surface area contributed by atoms with Gasteiger partial charge in [-0.05, 0) is 25.5 Å². The van der Waals surface area contributed by atoms with Crippen LogP contribution in [0.4, 0.5) is 0 Å². The second-order valence-corrected chi connectivity index (χ2v) is 5.26. The number of nitrogens with zero attached hydrogens (tertiary/aromatic N) is 2. The quantitative estimate of drug-likeness (QED) is 0.880. The summed E-state index contributed by atoms with van der Waals surface area (Å²) in [5.74, 6) is 1.44. The zero-order valence-corrected chi connectivity index (χ0v) is 12.2. The van der Waals surface area contributed by atoms with Gasteiger partial charge in [-0.25, -0.2) is 4.98 Å². The highest BCUT2D eigenvalue weighted by molar-refractivity contribution is 5.15. The first-order valence-corrected chi connectivity index (χ1v) is 7.16. The monoisotopic (exact) mass is 263 g/mol. The average molecular weight is 263 g/mol. The van der Waals surface area contributed by atoms with E-state index >= 15 is 0 Å². The zero-order chi connectivity index (χ0) is 13.7. The predicted octanol–water partition coefficient (Wildman–Crippen LogP) is 1.91. The maximum absolute atomic E-state index is 5.18. The van der Waals surface area contributed by atoms with Gasteiger partial charge >= 0.3 is 0 Å². The number of likely N-dealkylation sites (tertiary alicyclic amines) is 1. The molecule has 1 saturated heterocycles. The molecule has 2 unspecified atom stereocenters. The maximum Gasteiger partial charge on any atom is 0.213 e. The Hall–Kier alpha value is -1.13. The van der Waals surface area contributed by atoms with E-state index in [-0.39, 0.29) is 0 Å². The summed E-state index contributed by atoms with van der Waals surface area (Å²) >= 11 is 0. The molecule has 0 amide bonds. The van der Waals surface area contributed by atoms with Crippen molar-refractivity contribution in [1.82, 2.24) is 15.2 Å². The average Bonchev–Trinajstić information content (AvgIpc) is 2.47. The fraction of sp³-hybridized carbons (Fsp3) is 0.667. The van der Waals surface area contributed by atoms with Crippen molar-refractivity contribution in [1.29, 1.82) is 0 Å². The van der Waals surface area contributed by atoms with Crippen molar-refractivity contribution in [3.05, 3.63) is 23.9 Å². The standard InChI is InChI=1S/C15H25N3O/c1-4-12-10-18(9-8-14(12)16-2)11-13-6-5-7-15(17-13)19-3/h5-7,12,14,16H,4,8-11H2,1-3H3. The van der Waals surface area contributed by atoms with Gasteiger partial charge < -0.3 is 10.1 Å². The van der Waals surface area contributed by atoms with Gasteiger partial charge in [0.15, 0.2) is 0 Å². The Morgan fingerprint density at radius 3 is 3.00 bits per heavy atom. The topological polar surface area (TPSA) is 37.4 Å². The van der Waals surface area contributed by atoms with Crippen molar-refractivity contribution in [2.24, 2.45) is 5.92 Å². The molecule has 0 bridgehead atoms. The Morgan fingerprint density at radius 1 is 1.47 bits per heavy atom. The van der Waals surface area contributed by atoms with Crippen LogP contribution in [0.2, 0.25) is 0 Å². The molecule has 1 aromatic heterocycles. The zero-order valence-electron chi connectivity index (χ0n) is 12.2. The van der Waals surface area contributed by atoms with Gasteiger partial charge in [0, 0.05) is 31.7 Å². The van der Waals surface area contributed by atoms with E-state index < -0.39 is 0 Å². The molecular formula is C15H25N3O. The molecule has 4 nitrogen and oxygen atoms in total. The van der Waals surface area contributed by atoms with E-state index in [1.165, 1.54) is 12.8 Å². The van der Waals surface area contributed by atoms with Crippen LogP contribution >= 0.6 is 0 Å². The number of methoxy groups -OCH3 is 1. The first-order chi connectivity index (χ1) is 9.26. The van der Waals surface area contributed by atoms with Crippen LogP contribution in [-0.4, -0.2) is 43.2 Å². The third-order valence-electron chi connectivity index (χ3n) is 4.09. The minimum absolute atomic E-state index is 0.666. The van der Waals surface area contributed by atoms with Crippen LogP contribution in [0.3, 0.4) is 0 Å². The van der Waals surface area contributed by atoms with Crippen LogP contribution < -0.4 is 10.1 Å². The lowest BCUT2D eigenvalue weighted by atomic mass is 9.90. The van der Waals surface area contributed by atoms with E-state index in [0.717, 1.165) is 31.2 Å². The number of rotatable bonds is 5. The van der Waals surface area contributed by atoms with E-state index in [4.69, 9.17) is 4.74 Å². The second kappa shape index (κ2) is 6.87. The molecule has 1 aromatic rings. The summed E-state index contributed by atoms with van der Waals surface area (Å²) in [5, 5.41) is 3.45. The largest absolute Gasteiger partial charge is 0.481 e. The molecule has 106 valence electrons. The van der Waals surface area contributed by atoms with E-state index in [1.807, 2.05) is 12.1 Å². The van der Waals surface area contributed by atoms with Crippen LogP contribution in [0.25, 0.3) is 0 Å². The molecule has 0 radical (unpaired) electrons. The van der Waals surface area contributed by atoms with E-state index in [0.29, 0.717) is 11.9 Å². The molecule has 1 fully saturated rings. The molecule has 2 heterocycles. The fourth-order valence-electron chi connectivity index (χ4n) is 2.93. The van der Waals surface area contributed by atoms with Crippen molar-refractivity contribution in [2.75, 3.05) is 27.2 Å². The molecule has 0 aromatic carbocycles. The number of piperidine rings is 1. The molecular weight excluding hydrogens is 238 g/mol. The lowest BCUT2D eigenvalue weighted by molar-refractivity contribution is 0.131. The van der Waals surface area contributed by atoms with Gasteiger partial charge in [-0.2, -0.15) is 0 Å². The normalized spacial score (nSPS) is 24.4. The lowest BCUT2D eigenvalue weighted by Crippen LogP contribution is -2.47. The third-order valence-corrected chi connectivity index (χ3v) is 4.09. The third kappa shape index (κ3) is 3.67. The molecule has 0 saturated carbocycles. The molecule has 2 rings (SSSR count). The van der Waals surface area contributed by atoms with Crippen molar-refractivity contribution < 1.29 is 4.74 Å². The molecule has 0 aliphatic carbocycles. The molecule has 1 aliphatic rings.